The minimum Gasteiger partial charge on any atom is -0.330 e. The fourth-order valence-electron chi connectivity index (χ4n) is 5.83. The van der Waals surface area contributed by atoms with E-state index in [9.17, 15) is 9.59 Å². The standard InChI is InChI=1S/C23H29N7O2/c24-7-15-16-11-29(12-17(15)16)22(31)26-20-5-6-30(23(32)27-20)14-3-1-13(2-4-14)8-28-9-18-19(10-28)21(18)25/h1-6,15-19,21H,7-12,24-25H2,(H,26,27,31,32)/t15?,16-,17?,18-,19+,21+/m1/s1. The van der Waals surface area contributed by atoms with Gasteiger partial charge in [-0.2, -0.15) is 4.98 Å². The quantitative estimate of drug-likeness (QED) is 0.621. The van der Waals surface area contributed by atoms with Gasteiger partial charge in [-0.3, -0.25) is 14.8 Å². The molecule has 5 N–H and O–H groups in total. The number of amides is 2. The maximum Gasteiger partial charge on any atom is 0.354 e. The molecule has 9 heteroatoms. The highest BCUT2D eigenvalue weighted by molar-refractivity contribution is 5.88. The van der Waals surface area contributed by atoms with Gasteiger partial charge in [-0.25, -0.2) is 9.59 Å². The molecule has 6 rings (SSSR count). The van der Waals surface area contributed by atoms with Crippen molar-refractivity contribution in [2.24, 2.45) is 41.1 Å². The molecule has 4 fully saturated rings. The smallest absolute Gasteiger partial charge is 0.330 e. The van der Waals surface area contributed by atoms with Crippen LogP contribution < -0.4 is 22.5 Å². The third kappa shape index (κ3) is 3.41. The zero-order valence-electron chi connectivity index (χ0n) is 17.9. The summed E-state index contributed by atoms with van der Waals surface area (Å²) >= 11 is 0. The number of nitrogens with zero attached hydrogens (tertiary/aromatic N) is 4. The first kappa shape index (κ1) is 19.9. The van der Waals surface area contributed by atoms with Crippen molar-refractivity contribution in [2.75, 3.05) is 38.0 Å². The molecule has 0 bridgehead atoms. The summed E-state index contributed by atoms with van der Waals surface area (Å²) < 4.78 is 1.49. The number of aromatic nitrogens is 2. The number of nitrogens with two attached hydrogens (primary N) is 2. The van der Waals surface area contributed by atoms with E-state index in [1.54, 1.807) is 17.2 Å². The monoisotopic (exact) mass is 435 g/mol. The van der Waals surface area contributed by atoms with Crippen molar-refractivity contribution in [2.45, 2.75) is 12.6 Å². The van der Waals surface area contributed by atoms with E-state index in [-0.39, 0.29) is 11.8 Å². The average molecular weight is 436 g/mol. The Morgan fingerprint density at radius 2 is 1.72 bits per heavy atom. The van der Waals surface area contributed by atoms with Gasteiger partial charge in [0.15, 0.2) is 0 Å². The van der Waals surface area contributed by atoms with Crippen LogP contribution in [-0.4, -0.2) is 64.1 Å². The molecule has 2 saturated heterocycles. The summed E-state index contributed by atoms with van der Waals surface area (Å²) in [6.07, 6.45) is 1.65. The number of anilines is 1. The zero-order chi connectivity index (χ0) is 22.0. The van der Waals surface area contributed by atoms with Gasteiger partial charge in [-0.1, -0.05) is 12.1 Å². The normalized spacial score (nSPS) is 32.5. The van der Waals surface area contributed by atoms with Crippen LogP contribution in [-0.2, 0) is 6.54 Å². The molecule has 1 aromatic carbocycles. The van der Waals surface area contributed by atoms with Crippen LogP contribution >= 0.6 is 0 Å². The number of hydrogen-bond acceptors (Lipinski definition) is 6. The largest absolute Gasteiger partial charge is 0.354 e. The number of piperidine rings is 2. The molecular formula is C23H29N7O2. The molecule has 3 heterocycles. The van der Waals surface area contributed by atoms with E-state index < -0.39 is 5.69 Å². The first-order chi connectivity index (χ1) is 15.5. The highest BCUT2D eigenvalue weighted by atomic mass is 16.2. The number of likely N-dealkylation sites (tertiary alicyclic amines) is 2. The Balaban J connectivity index is 1.07. The summed E-state index contributed by atoms with van der Waals surface area (Å²) in [4.78, 5) is 33.3. The van der Waals surface area contributed by atoms with Gasteiger partial charge in [-0.15, -0.1) is 0 Å². The maximum absolute atomic E-state index is 12.6. The van der Waals surface area contributed by atoms with Gasteiger partial charge in [0.05, 0.1) is 5.69 Å². The highest BCUT2D eigenvalue weighted by Crippen LogP contribution is 2.50. The minimum absolute atomic E-state index is 0.206. The van der Waals surface area contributed by atoms with E-state index in [0.29, 0.717) is 42.2 Å². The molecule has 32 heavy (non-hydrogen) atoms. The molecule has 2 aliphatic carbocycles. The molecule has 0 radical (unpaired) electrons. The first-order valence-electron chi connectivity index (χ1n) is 11.4. The topological polar surface area (TPSA) is 123 Å². The molecule has 2 aromatic rings. The Morgan fingerprint density at radius 3 is 2.34 bits per heavy atom. The van der Waals surface area contributed by atoms with Crippen molar-refractivity contribution in [1.82, 2.24) is 19.4 Å². The van der Waals surface area contributed by atoms with Crippen molar-refractivity contribution >= 4 is 11.8 Å². The molecule has 2 amide bonds. The number of nitrogens with one attached hydrogen (secondary N) is 1. The molecule has 2 unspecified atom stereocenters. The van der Waals surface area contributed by atoms with Gasteiger partial charge in [0.25, 0.3) is 0 Å². The average Bonchev–Trinajstić information content (AvgIpc) is 3.41. The lowest BCUT2D eigenvalue weighted by atomic mass is 10.2. The first-order valence-corrected chi connectivity index (χ1v) is 11.4. The van der Waals surface area contributed by atoms with E-state index in [0.717, 1.165) is 38.4 Å². The Labute approximate surface area is 186 Å². The van der Waals surface area contributed by atoms with E-state index in [1.807, 2.05) is 12.1 Å². The summed E-state index contributed by atoms with van der Waals surface area (Å²) in [5.41, 5.74) is 13.3. The molecule has 0 spiro atoms. The predicted octanol–water partition coefficient (Wildman–Crippen LogP) is 0.290. The van der Waals surface area contributed by atoms with Gasteiger partial charge in [0, 0.05) is 45.0 Å². The van der Waals surface area contributed by atoms with Crippen LogP contribution in [0.2, 0.25) is 0 Å². The summed E-state index contributed by atoms with van der Waals surface area (Å²) in [6.45, 7) is 5.22. The van der Waals surface area contributed by atoms with E-state index in [4.69, 9.17) is 11.5 Å². The Bertz CT molecular complexity index is 1080. The second-order valence-corrected chi connectivity index (χ2v) is 9.79. The van der Waals surface area contributed by atoms with Crippen molar-refractivity contribution in [3.8, 4) is 5.69 Å². The van der Waals surface area contributed by atoms with Crippen molar-refractivity contribution in [3.05, 3.63) is 52.6 Å². The maximum atomic E-state index is 12.6. The number of benzene rings is 1. The number of urea groups is 1. The van der Waals surface area contributed by atoms with Crippen LogP contribution in [0.15, 0.2) is 41.3 Å². The fraction of sp³-hybridized carbons (Fsp3) is 0.522. The predicted molar refractivity (Wildman–Crippen MR) is 120 cm³/mol. The van der Waals surface area contributed by atoms with E-state index in [2.05, 4.69) is 27.3 Å². The highest BCUT2D eigenvalue weighted by Gasteiger charge is 2.55. The van der Waals surface area contributed by atoms with Gasteiger partial charge >= 0.3 is 11.7 Å². The van der Waals surface area contributed by atoms with Crippen LogP contribution in [0, 0.1) is 29.6 Å². The van der Waals surface area contributed by atoms with Gasteiger partial charge in [0.2, 0.25) is 0 Å². The third-order valence-electron chi connectivity index (χ3n) is 7.93. The second kappa shape index (κ2) is 7.40. The number of hydrogen-bond donors (Lipinski definition) is 3. The van der Waals surface area contributed by atoms with Crippen LogP contribution in [0.25, 0.3) is 5.69 Å². The number of carbonyl (C=O) groups excluding carboxylic acids is 1. The number of fused-ring (bicyclic) bond motifs is 2. The molecule has 6 atom stereocenters. The minimum atomic E-state index is -0.420. The third-order valence-corrected chi connectivity index (χ3v) is 7.93. The fourth-order valence-corrected chi connectivity index (χ4v) is 5.83. The molecule has 9 nitrogen and oxygen atoms in total. The SMILES string of the molecule is NCC1C2CN(C(=O)Nc3ccn(-c4ccc(CN5C[C@@H]6[C@@H](N)[C@@H]6C5)cc4)c(=O)n3)C[C@H]12. The van der Waals surface area contributed by atoms with Gasteiger partial charge in [-0.05, 0) is 59.9 Å². The lowest BCUT2D eigenvalue weighted by Gasteiger charge is -2.20. The zero-order valence-corrected chi connectivity index (χ0v) is 17.9. The van der Waals surface area contributed by atoms with Crippen LogP contribution in [0.3, 0.4) is 0 Å². The summed E-state index contributed by atoms with van der Waals surface area (Å²) in [5, 5.41) is 2.75. The second-order valence-electron chi connectivity index (χ2n) is 9.79. The Kier molecular flexibility index (Phi) is 4.60. The molecule has 4 aliphatic rings. The molecule has 168 valence electrons. The summed E-state index contributed by atoms with van der Waals surface area (Å²) in [5.74, 6) is 3.25. The van der Waals surface area contributed by atoms with E-state index >= 15 is 0 Å². The van der Waals surface area contributed by atoms with Crippen LogP contribution in [0.1, 0.15) is 5.56 Å². The lowest BCUT2D eigenvalue weighted by Crippen LogP contribution is -2.36. The lowest BCUT2D eigenvalue weighted by molar-refractivity contribution is 0.214. The number of carbonyl (C=O) groups is 1. The van der Waals surface area contributed by atoms with Crippen molar-refractivity contribution in [3.63, 3.8) is 0 Å². The Morgan fingerprint density at radius 1 is 1.03 bits per heavy atom. The molecule has 2 aliphatic heterocycles. The van der Waals surface area contributed by atoms with E-state index in [1.165, 1.54) is 10.1 Å². The van der Waals surface area contributed by atoms with Crippen molar-refractivity contribution < 1.29 is 4.79 Å². The van der Waals surface area contributed by atoms with Gasteiger partial charge in [0.1, 0.15) is 5.82 Å². The summed E-state index contributed by atoms with van der Waals surface area (Å²) in [7, 11) is 0. The number of rotatable bonds is 5. The molecule has 1 aromatic heterocycles. The van der Waals surface area contributed by atoms with Gasteiger partial charge < -0.3 is 16.4 Å². The Hall–Kier alpha value is -2.75. The molecular weight excluding hydrogens is 406 g/mol. The van der Waals surface area contributed by atoms with Crippen LogP contribution in [0.5, 0.6) is 0 Å². The molecule has 2 saturated carbocycles. The van der Waals surface area contributed by atoms with Crippen molar-refractivity contribution in [1.29, 1.82) is 0 Å². The van der Waals surface area contributed by atoms with Crippen LogP contribution in [0.4, 0.5) is 10.6 Å². The summed E-state index contributed by atoms with van der Waals surface area (Å²) in [6, 6.07) is 9.83.